The molecule has 2 aliphatic rings. The summed E-state index contributed by atoms with van der Waals surface area (Å²) in [5.41, 5.74) is 1.70. The van der Waals surface area contributed by atoms with E-state index in [1.165, 1.54) is 31.0 Å². The van der Waals surface area contributed by atoms with Crippen LogP contribution in [0, 0.1) is 11.7 Å². The molecule has 0 unspecified atom stereocenters. The first-order valence-electron chi connectivity index (χ1n) is 16.1. The van der Waals surface area contributed by atoms with Crippen molar-refractivity contribution in [2.75, 3.05) is 63.1 Å². The molecule has 0 radical (unpaired) electrons. The largest absolute Gasteiger partial charge is 0.491 e. The Bertz CT molecular complexity index is 1530. The van der Waals surface area contributed by atoms with E-state index >= 15 is 0 Å². The van der Waals surface area contributed by atoms with Crippen LogP contribution in [0.5, 0.6) is 5.75 Å². The minimum Gasteiger partial charge on any atom is -0.491 e. The highest BCUT2D eigenvalue weighted by atomic mass is 35.5. The van der Waals surface area contributed by atoms with Gasteiger partial charge in [-0.15, -0.1) is 0 Å². The maximum absolute atomic E-state index is 13.7. The minimum atomic E-state index is -0.511. The lowest BCUT2D eigenvalue weighted by atomic mass is 10.1. The van der Waals surface area contributed by atoms with Crippen molar-refractivity contribution in [2.45, 2.75) is 45.4 Å². The number of hydrogen-bond acceptors (Lipinski definition) is 9. The number of nitrogens with zero attached hydrogens (tertiary/aromatic N) is 4. The van der Waals surface area contributed by atoms with Crippen molar-refractivity contribution in [2.24, 2.45) is 5.92 Å². The van der Waals surface area contributed by atoms with Gasteiger partial charge in [0.2, 0.25) is 5.91 Å². The molecule has 46 heavy (non-hydrogen) atoms. The van der Waals surface area contributed by atoms with Crippen molar-refractivity contribution in [3.05, 3.63) is 59.7 Å². The van der Waals surface area contributed by atoms with E-state index in [0.29, 0.717) is 66.1 Å². The predicted octanol–water partition coefficient (Wildman–Crippen LogP) is 6.19. The number of nitrogens with one attached hydrogen (secondary N) is 2. The molecule has 3 aromatic rings. The number of anilines is 3. The van der Waals surface area contributed by atoms with Gasteiger partial charge < -0.3 is 20.1 Å². The Labute approximate surface area is 274 Å². The van der Waals surface area contributed by atoms with Crippen LogP contribution in [-0.4, -0.2) is 84.1 Å². The summed E-state index contributed by atoms with van der Waals surface area (Å²) >= 11 is 5.97. The zero-order valence-corrected chi connectivity index (χ0v) is 27.0. The first-order chi connectivity index (χ1) is 22.4. The van der Waals surface area contributed by atoms with Crippen LogP contribution in [-0.2, 0) is 14.3 Å². The van der Waals surface area contributed by atoms with Crippen LogP contribution in [0.3, 0.4) is 0 Å². The molecule has 1 amide bonds. The van der Waals surface area contributed by atoms with E-state index < -0.39 is 5.82 Å². The van der Waals surface area contributed by atoms with Crippen LogP contribution in [0.1, 0.15) is 45.4 Å². The Morgan fingerprint density at radius 3 is 2.63 bits per heavy atom. The maximum Gasteiger partial charge on any atom is 0.320 e. The van der Waals surface area contributed by atoms with Crippen LogP contribution in [0.2, 0.25) is 5.02 Å². The van der Waals surface area contributed by atoms with Crippen LogP contribution >= 0.6 is 11.6 Å². The summed E-state index contributed by atoms with van der Waals surface area (Å²) in [6, 6.07) is 7.91. The number of amides is 1. The predicted molar refractivity (Wildman–Crippen MR) is 178 cm³/mol. The number of rotatable bonds is 16. The second-order valence-electron chi connectivity index (χ2n) is 11.8. The maximum atomic E-state index is 13.7. The summed E-state index contributed by atoms with van der Waals surface area (Å²) in [5, 5.41) is 6.78. The van der Waals surface area contributed by atoms with E-state index in [1.807, 2.05) is 6.08 Å². The molecule has 1 saturated carbocycles. The third kappa shape index (κ3) is 10.1. The van der Waals surface area contributed by atoms with Gasteiger partial charge in [-0.05, 0) is 49.4 Å². The first-order valence-corrected chi connectivity index (χ1v) is 16.5. The Kier molecular flexibility index (Phi) is 12.2. The van der Waals surface area contributed by atoms with Gasteiger partial charge in [0.05, 0.1) is 36.0 Å². The lowest BCUT2D eigenvalue weighted by Gasteiger charge is -2.33. The number of hydrogen-bond donors (Lipinski definition) is 2. The van der Waals surface area contributed by atoms with Gasteiger partial charge in [0.25, 0.3) is 0 Å². The summed E-state index contributed by atoms with van der Waals surface area (Å²) in [6.45, 7) is 7.30. The molecular formula is C34H42ClFN6O4. The number of carbonyl (C=O) groups excluding carboxylic acids is 2. The van der Waals surface area contributed by atoms with E-state index in [1.54, 1.807) is 18.2 Å². The van der Waals surface area contributed by atoms with Gasteiger partial charge in [-0.1, -0.05) is 43.9 Å². The monoisotopic (exact) mass is 652 g/mol. The summed E-state index contributed by atoms with van der Waals surface area (Å²) in [4.78, 5) is 38.3. The van der Waals surface area contributed by atoms with Crippen molar-refractivity contribution >= 4 is 51.6 Å². The molecule has 2 fully saturated rings. The molecule has 246 valence electrons. The van der Waals surface area contributed by atoms with Gasteiger partial charge in [-0.25, -0.2) is 14.4 Å². The van der Waals surface area contributed by atoms with E-state index in [2.05, 4.69) is 37.3 Å². The number of fused-ring (bicyclic) bond motifs is 1. The average Bonchev–Trinajstić information content (AvgIpc) is 3.88. The molecule has 1 saturated heterocycles. The number of ether oxygens (including phenoxy) is 2. The number of piperazine rings is 1. The molecule has 1 aliphatic heterocycles. The summed E-state index contributed by atoms with van der Waals surface area (Å²) in [6.07, 6.45) is 11.4. The summed E-state index contributed by atoms with van der Waals surface area (Å²) in [7, 11) is 0. The van der Waals surface area contributed by atoms with E-state index in [9.17, 15) is 14.0 Å². The highest BCUT2D eigenvalue weighted by Gasteiger charge is 2.23. The quantitative estimate of drug-likeness (QED) is 0.106. The second kappa shape index (κ2) is 16.7. The Hall–Kier alpha value is -3.80. The molecule has 10 nitrogen and oxygen atoms in total. The topological polar surface area (TPSA) is 109 Å². The highest BCUT2D eigenvalue weighted by molar-refractivity contribution is 6.31. The van der Waals surface area contributed by atoms with Gasteiger partial charge in [0, 0.05) is 55.9 Å². The van der Waals surface area contributed by atoms with Crippen LogP contribution in [0.4, 0.5) is 21.6 Å². The number of benzene rings is 2. The fraction of sp³-hybridized carbons (Fsp3) is 0.471. The molecule has 12 heteroatoms. The van der Waals surface area contributed by atoms with E-state index in [-0.39, 0.29) is 16.9 Å². The third-order valence-electron chi connectivity index (χ3n) is 8.06. The van der Waals surface area contributed by atoms with Crippen molar-refractivity contribution in [1.82, 2.24) is 19.8 Å². The number of unbranched alkanes of at least 4 members (excludes halogenated alkanes) is 3. The minimum absolute atomic E-state index is 0.00561. The number of halogens is 2. The molecular weight excluding hydrogens is 611 g/mol. The second-order valence-corrected chi connectivity index (χ2v) is 12.3. The average molecular weight is 653 g/mol. The highest BCUT2D eigenvalue weighted by Crippen LogP contribution is 2.36. The van der Waals surface area contributed by atoms with Gasteiger partial charge in [0.15, 0.2) is 0 Å². The fourth-order valence-corrected chi connectivity index (χ4v) is 5.34. The molecule has 2 aromatic carbocycles. The van der Waals surface area contributed by atoms with Crippen LogP contribution in [0.15, 0.2) is 48.8 Å². The zero-order valence-electron chi connectivity index (χ0n) is 26.3. The van der Waals surface area contributed by atoms with Crippen LogP contribution < -0.4 is 15.4 Å². The Balaban J connectivity index is 1.16. The van der Waals surface area contributed by atoms with E-state index in [4.69, 9.17) is 21.1 Å². The van der Waals surface area contributed by atoms with Crippen molar-refractivity contribution in [3.8, 4) is 5.75 Å². The molecule has 0 spiro atoms. The van der Waals surface area contributed by atoms with Gasteiger partial charge in [0.1, 0.15) is 23.7 Å². The van der Waals surface area contributed by atoms with Crippen molar-refractivity contribution in [1.29, 1.82) is 0 Å². The zero-order chi connectivity index (χ0) is 32.3. The van der Waals surface area contributed by atoms with Gasteiger partial charge in [-0.3, -0.25) is 19.4 Å². The molecule has 0 bridgehead atoms. The summed E-state index contributed by atoms with van der Waals surface area (Å²) in [5.74, 6) is 0.574. The molecule has 2 heterocycles. The summed E-state index contributed by atoms with van der Waals surface area (Å²) < 4.78 is 25.2. The number of esters is 1. The molecule has 0 atom stereocenters. The molecule has 1 aromatic heterocycles. The standard InChI is InChI=1S/C34H42ClFN6O4/c1-2-3-4-5-17-45-33(44)21-42-15-13-41(14-16-42)12-6-7-32(43)40-30-19-26-29(20-31(30)46-22-24-8-9-24)37-23-38-34(26)39-25-10-11-28(36)27(35)18-25/h6-7,10-11,18-20,23-24H,2-5,8-9,12-17,21-22H2,1H3,(H,40,43)(H,37,38,39)/b7-6+. The van der Waals surface area contributed by atoms with E-state index in [0.717, 1.165) is 58.3 Å². The van der Waals surface area contributed by atoms with Crippen molar-refractivity contribution < 1.29 is 23.5 Å². The lowest BCUT2D eigenvalue weighted by Crippen LogP contribution is -2.48. The fourth-order valence-electron chi connectivity index (χ4n) is 5.16. The SMILES string of the molecule is CCCCCCOC(=O)CN1CCN(C/C=C/C(=O)Nc2cc3c(Nc4ccc(F)c(Cl)c4)ncnc3cc2OCC2CC2)CC1. The van der Waals surface area contributed by atoms with Gasteiger partial charge in [-0.2, -0.15) is 0 Å². The van der Waals surface area contributed by atoms with Crippen molar-refractivity contribution in [3.63, 3.8) is 0 Å². The number of carbonyl (C=O) groups is 2. The smallest absolute Gasteiger partial charge is 0.320 e. The Morgan fingerprint density at radius 1 is 1.07 bits per heavy atom. The third-order valence-corrected chi connectivity index (χ3v) is 8.35. The molecule has 2 N–H and O–H groups in total. The van der Waals surface area contributed by atoms with Crippen LogP contribution in [0.25, 0.3) is 10.9 Å². The number of aromatic nitrogens is 2. The molecule has 5 rings (SSSR count). The normalized spacial score (nSPS) is 15.7. The first kappa shape index (κ1) is 33.6. The lowest BCUT2D eigenvalue weighted by molar-refractivity contribution is -0.145. The Morgan fingerprint density at radius 2 is 1.87 bits per heavy atom. The van der Waals surface area contributed by atoms with Gasteiger partial charge >= 0.3 is 5.97 Å². The molecule has 1 aliphatic carbocycles.